The lowest BCUT2D eigenvalue weighted by Gasteiger charge is -2.09. The Morgan fingerprint density at radius 2 is 1.89 bits per heavy atom. The molecule has 19 heavy (non-hydrogen) atoms. The number of ether oxygens (including phenoxy) is 1. The van der Waals surface area contributed by atoms with Crippen LogP contribution in [0.4, 0.5) is 10.1 Å². The molecule has 0 aliphatic heterocycles. The van der Waals surface area contributed by atoms with Gasteiger partial charge in [-0.2, -0.15) is 0 Å². The highest BCUT2D eigenvalue weighted by Gasteiger charge is 2.01. The molecule has 2 aromatic rings. The van der Waals surface area contributed by atoms with Crippen molar-refractivity contribution in [3.8, 4) is 5.75 Å². The highest BCUT2D eigenvalue weighted by molar-refractivity contribution is 9.10. The summed E-state index contributed by atoms with van der Waals surface area (Å²) in [6.45, 7) is 3.25. The van der Waals surface area contributed by atoms with Crippen molar-refractivity contribution in [1.29, 1.82) is 0 Å². The van der Waals surface area contributed by atoms with E-state index in [0.717, 1.165) is 21.5 Å². The van der Waals surface area contributed by atoms with Crippen LogP contribution in [0.15, 0.2) is 46.9 Å². The van der Waals surface area contributed by atoms with Gasteiger partial charge in [-0.15, -0.1) is 0 Å². The van der Waals surface area contributed by atoms with Gasteiger partial charge >= 0.3 is 0 Å². The van der Waals surface area contributed by atoms with E-state index in [0.29, 0.717) is 13.2 Å². The molecule has 0 unspecified atom stereocenters. The molecule has 0 radical (unpaired) electrons. The Morgan fingerprint density at radius 3 is 2.53 bits per heavy atom. The third kappa shape index (κ3) is 3.96. The average Bonchev–Trinajstić information content (AvgIpc) is 2.40. The Hall–Kier alpha value is -1.55. The van der Waals surface area contributed by atoms with E-state index < -0.39 is 0 Å². The summed E-state index contributed by atoms with van der Waals surface area (Å²) in [5.41, 5.74) is 2.01. The molecule has 100 valence electrons. The molecule has 0 bridgehead atoms. The summed E-state index contributed by atoms with van der Waals surface area (Å²) in [5, 5.41) is 3.28. The van der Waals surface area contributed by atoms with Crippen molar-refractivity contribution in [3.63, 3.8) is 0 Å². The molecule has 0 amide bonds. The zero-order valence-corrected chi connectivity index (χ0v) is 12.2. The zero-order valence-electron chi connectivity index (χ0n) is 10.6. The van der Waals surface area contributed by atoms with Crippen LogP contribution < -0.4 is 10.1 Å². The molecule has 4 heteroatoms. The molecule has 0 aliphatic carbocycles. The first-order chi connectivity index (χ1) is 9.19. The molecular weight excluding hydrogens is 309 g/mol. The van der Waals surface area contributed by atoms with Gasteiger partial charge in [0, 0.05) is 16.7 Å². The fraction of sp³-hybridized carbons (Fsp3) is 0.200. The molecule has 0 saturated carbocycles. The van der Waals surface area contributed by atoms with E-state index in [1.165, 1.54) is 12.1 Å². The van der Waals surface area contributed by atoms with Crippen molar-refractivity contribution in [2.75, 3.05) is 11.9 Å². The third-order valence-corrected chi connectivity index (χ3v) is 3.40. The lowest BCUT2D eigenvalue weighted by atomic mass is 10.2. The summed E-state index contributed by atoms with van der Waals surface area (Å²) in [5.74, 6) is 0.618. The molecule has 0 fully saturated rings. The number of anilines is 1. The first kappa shape index (κ1) is 13.9. The van der Waals surface area contributed by atoms with Gasteiger partial charge in [0.15, 0.2) is 0 Å². The number of hydrogen-bond donors (Lipinski definition) is 1. The van der Waals surface area contributed by atoms with E-state index in [1.807, 2.05) is 31.2 Å². The van der Waals surface area contributed by atoms with Gasteiger partial charge in [0.25, 0.3) is 0 Å². The van der Waals surface area contributed by atoms with Crippen molar-refractivity contribution in [3.05, 3.63) is 58.3 Å². The number of nitrogens with one attached hydrogen (secondary N) is 1. The zero-order chi connectivity index (χ0) is 13.7. The van der Waals surface area contributed by atoms with Crippen LogP contribution in [0.25, 0.3) is 0 Å². The van der Waals surface area contributed by atoms with Gasteiger partial charge in [0.1, 0.15) is 11.6 Å². The van der Waals surface area contributed by atoms with Crippen LogP contribution in [0.2, 0.25) is 0 Å². The maximum atomic E-state index is 13.0. The summed E-state index contributed by atoms with van der Waals surface area (Å²) < 4.78 is 19.1. The highest BCUT2D eigenvalue weighted by Crippen LogP contribution is 2.20. The maximum Gasteiger partial charge on any atom is 0.124 e. The largest absolute Gasteiger partial charge is 0.494 e. The molecule has 0 atom stereocenters. The molecule has 0 aromatic heterocycles. The SMILES string of the molecule is CCOc1ccc(NCc2ccc(F)cc2Br)cc1. The first-order valence-electron chi connectivity index (χ1n) is 6.09. The average molecular weight is 324 g/mol. The van der Waals surface area contributed by atoms with Crippen LogP contribution in [0, 0.1) is 5.82 Å². The van der Waals surface area contributed by atoms with Gasteiger partial charge in [0.2, 0.25) is 0 Å². The van der Waals surface area contributed by atoms with Crippen LogP contribution >= 0.6 is 15.9 Å². The predicted molar refractivity (Wildman–Crippen MR) is 79.0 cm³/mol. The molecular formula is C15H15BrFNO. The maximum absolute atomic E-state index is 13.0. The van der Waals surface area contributed by atoms with E-state index in [9.17, 15) is 4.39 Å². The van der Waals surface area contributed by atoms with Crippen molar-refractivity contribution >= 4 is 21.6 Å². The number of hydrogen-bond acceptors (Lipinski definition) is 2. The van der Waals surface area contributed by atoms with E-state index in [4.69, 9.17) is 4.74 Å². The number of halogens is 2. The minimum Gasteiger partial charge on any atom is -0.494 e. The molecule has 0 spiro atoms. The van der Waals surface area contributed by atoms with Gasteiger partial charge in [-0.25, -0.2) is 4.39 Å². The van der Waals surface area contributed by atoms with E-state index in [2.05, 4.69) is 21.2 Å². The quantitative estimate of drug-likeness (QED) is 0.868. The number of rotatable bonds is 5. The van der Waals surface area contributed by atoms with Crippen molar-refractivity contribution in [2.24, 2.45) is 0 Å². The summed E-state index contributed by atoms with van der Waals surface area (Å²) >= 11 is 3.35. The van der Waals surface area contributed by atoms with Gasteiger partial charge in [-0.1, -0.05) is 22.0 Å². The third-order valence-electron chi connectivity index (χ3n) is 2.66. The summed E-state index contributed by atoms with van der Waals surface area (Å²) in [4.78, 5) is 0. The molecule has 0 saturated heterocycles. The lowest BCUT2D eigenvalue weighted by Crippen LogP contribution is -2.00. The Kier molecular flexibility index (Phi) is 4.80. The second-order valence-electron chi connectivity index (χ2n) is 4.05. The van der Waals surface area contributed by atoms with Crippen molar-refractivity contribution < 1.29 is 9.13 Å². The number of benzene rings is 2. The van der Waals surface area contributed by atoms with E-state index in [1.54, 1.807) is 6.07 Å². The Labute approximate surface area is 120 Å². The molecule has 2 nitrogen and oxygen atoms in total. The fourth-order valence-electron chi connectivity index (χ4n) is 1.70. The molecule has 2 aromatic carbocycles. The fourth-order valence-corrected chi connectivity index (χ4v) is 2.19. The van der Waals surface area contributed by atoms with Crippen molar-refractivity contribution in [1.82, 2.24) is 0 Å². The Balaban J connectivity index is 1.98. The van der Waals surface area contributed by atoms with Crippen LogP contribution in [-0.2, 0) is 6.54 Å². The molecule has 0 heterocycles. The first-order valence-corrected chi connectivity index (χ1v) is 6.89. The molecule has 0 aliphatic rings. The van der Waals surface area contributed by atoms with Crippen molar-refractivity contribution in [2.45, 2.75) is 13.5 Å². The standard InChI is InChI=1S/C15H15BrFNO/c1-2-19-14-7-5-13(6-8-14)18-10-11-3-4-12(17)9-15(11)16/h3-9,18H,2,10H2,1H3. The predicted octanol–water partition coefficient (Wildman–Crippen LogP) is 4.60. The summed E-state index contributed by atoms with van der Waals surface area (Å²) in [6.07, 6.45) is 0. The molecule has 1 N–H and O–H groups in total. The normalized spacial score (nSPS) is 10.3. The van der Waals surface area contributed by atoms with Gasteiger partial charge in [0.05, 0.1) is 6.61 Å². The van der Waals surface area contributed by atoms with Gasteiger partial charge in [-0.3, -0.25) is 0 Å². The van der Waals surface area contributed by atoms with E-state index in [-0.39, 0.29) is 5.82 Å². The second kappa shape index (κ2) is 6.57. The minimum absolute atomic E-state index is 0.239. The monoisotopic (exact) mass is 323 g/mol. The topological polar surface area (TPSA) is 21.3 Å². The van der Waals surface area contributed by atoms with E-state index >= 15 is 0 Å². The van der Waals surface area contributed by atoms with Gasteiger partial charge in [-0.05, 0) is 48.9 Å². The molecule has 2 rings (SSSR count). The summed E-state index contributed by atoms with van der Waals surface area (Å²) in [7, 11) is 0. The minimum atomic E-state index is -0.239. The lowest BCUT2D eigenvalue weighted by molar-refractivity contribution is 0.340. The Morgan fingerprint density at radius 1 is 1.16 bits per heavy atom. The van der Waals surface area contributed by atoms with Crippen LogP contribution in [-0.4, -0.2) is 6.61 Å². The Bertz CT molecular complexity index is 542. The van der Waals surface area contributed by atoms with Gasteiger partial charge < -0.3 is 10.1 Å². The summed E-state index contributed by atoms with van der Waals surface area (Å²) in [6, 6.07) is 12.5. The van der Waals surface area contributed by atoms with Crippen LogP contribution in [0.5, 0.6) is 5.75 Å². The smallest absolute Gasteiger partial charge is 0.124 e. The highest BCUT2D eigenvalue weighted by atomic mass is 79.9. The second-order valence-corrected chi connectivity index (χ2v) is 4.90. The van der Waals surface area contributed by atoms with Crippen LogP contribution in [0.1, 0.15) is 12.5 Å². The van der Waals surface area contributed by atoms with Crippen LogP contribution in [0.3, 0.4) is 0 Å².